The molecule has 0 aliphatic heterocycles. The number of benzene rings is 1. The number of aryl methyl sites for hydroxylation is 1. The van der Waals surface area contributed by atoms with Gasteiger partial charge in [0.2, 0.25) is 0 Å². The predicted molar refractivity (Wildman–Crippen MR) is 105 cm³/mol. The van der Waals surface area contributed by atoms with Gasteiger partial charge in [-0.25, -0.2) is 0 Å². The van der Waals surface area contributed by atoms with Gasteiger partial charge >= 0.3 is 0 Å². The van der Waals surface area contributed by atoms with Gasteiger partial charge < -0.3 is 20.5 Å². The van der Waals surface area contributed by atoms with Gasteiger partial charge in [-0.15, -0.1) is 24.0 Å². The van der Waals surface area contributed by atoms with Gasteiger partial charge in [0.1, 0.15) is 12.4 Å². The Kier molecular flexibility index (Phi) is 8.68. The standard InChI is InChI=1S/C17H27N3O2.HI/c1-3-18-16(20-12-17(13-21)8-9-17)19-10-11-22-15-6-4-14(2)5-7-15;/h4-7,21H,3,8-13H2,1-2H3,(H2,18,19,20);1H. The molecule has 1 aromatic rings. The number of hydrogen-bond acceptors (Lipinski definition) is 3. The quantitative estimate of drug-likeness (QED) is 0.255. The lowest BCUT2D eigenvalue weighted by Gasteiger charge is -2.14. The zero-order chi connectivity index (χ0) is 15.8. The van der Waals surface area contributed by atoms with E-state index in [4.69, 9.17) is 4.74 Å². The zero-order valence-corrected chi connectivity index (χ0v) is 16.3. The van der Waals surface area contributed by atoms with Crippen LogP contribution in [0.3, 0.4) is 0 Å². The molecule has 0 aromatic heterocycles. The van der Waals surface area contributed by atoms with Crippen LogP contribution in [0.25, 0.3) is 0 Å². The number of aliphatic hydroxyl groups excluding tert-OH is 1. The summed E-state index contributed by atoms with van der Waals surface area (Å²) in [5.41, 5.74) is 1.27. The first-order valence-electron chi connectivity index (χ1n) is 8.00. The van der Waals surface area contributed by atoms with E-state index in [9.17, 15) is 5.11 Å². The number of halogens is 1. The monoisotopic (exact) mass is 433 g/mol. The first-order chi connectivity index (χ1) is 10.7. The second-order valence-corrected chi connectivity index (χ2v) is 5.94. The molecular weight excluding hydrogens is 405 g/mol. The van der Waals surface area contributed by atoms with Crippen molar-refractivity contribution in [2.45, 2.75) is 26.7 Å². The van der Waals surface area contributed by atoms with Crippen LogP contribution < -0.4 is 15.4 Å². The minimum atomic E-state index is 0. The van der Waals surface area contributed by atoms with E-state index in [2.05, 4.69) is 22.5 Å². The fourth-order valence-corrected chi connectivity index (χ4v) is 2.10. The predicted octanol–water partition coefficient (Wildman–Crippen LogP) is 2.32. The van der Waals surface area contributed by atoms with Crippen LogP contribution in [0.1, 0.15) is 25.3 Å². The van der Waals surface area contributed by atoms with Crippen LogP contribution >= 0.6 is 24.0 Å². The molecule has 3 N–H and O–H groups in total. The summed E-state index contributed by atoms with van der Waals surface area (Å²) in [5.74, 6) is 1.67. The highest BCUT2D eigenvalue weighted by molar-refractivity contribution is 14.0. The fourth-order valence-electron chi connectivity index (χ4n) is 2.10. The maximum absolute atomic E-state index is 9.33. The summed E-state index contributed by atoms with van der Waals surface area (Å²) in [6, 6.07) is 8.04. The van der Waals surface area contributed by atoms with Gasteiger partial charge in [-0.3, -0.25) is 4.99 Å². The van der Waals surface area contributed by atoms with E-state index in [0.29, 0.717) is 19.7 Å². The van der Waals surface area contributed by atoms with Crippen LogP contribution in [0.5, 0.6) is 5.75 Å². The van der Waals surface area contributed by atoms with Crippen LogP contribution in [0, 0.1) is 12.3 Å². The van der Waals surface area contributed by atoms with Crippen molar-refractivity contribution in [1.29, 1.82) is 0 Å². The summed E-state index contributed by atoms with van der Waals surface area (Å²) in [4.78, 5) is 4.55. The normalized spacial score (nSPS) is 15.5. The Morgan fingerprint density at radius 3 is 2.52 bits per heavy atom. The Morgan fingerprint density at radius 2 is 1.96 bits per heavy atom. The molecule has 0 amide bonds. The lowest BCUT2D eigenvalue weighted by atomic mass is 10.1. The van der Waals surface area contributed by atoms with E-state index >= 15 is 0 Å². The Hall–Kier alpha value is -1.02. The van der Waals surface area contributed by atoms with E-state index in [1.807, 2.05) is 31.2 Å². The lowest BCUT2D eigenvalue weighted by molar-refractivity contribution is 0.216. The Morgan fingerprint density at radius 1 is 1.26 bits per heavy atom. The van der Waals surface area contributed by atoms with Gasteiger partial charge in [-0.05, 0) is 38.8 Å². The number of nitrogens with one attached hydrogen (secondary N) is 2. The molecule has 1 saturated carbocycles. The summed E-state index contributed by atoms with van der Waals surface area (Å²) in [6.07, 6.45) is 2.14. The molecule has 6 heteroatoms. The van der Waals surface area contributed by atoms with Crippen LogP contribution in [-0.2, 0) is 0 Å². The van der Waals surface area contributed by atoms with E-state index < -0.39 is 0 Å². The van der Waals surface area contributed by atoms with E-state index in [0.717, 1.165) is 31.1 Å². The molecule has 1 aromatic carbocycles. The fraction of sp³-hybridized carbons (Fsp3) is 0.588. The molecule has 23 heavy (non-hydrogen) atoms. The van der Waals surface area contributed by atoms with Gasteiger partial charge in [0.15, 0.2) is 5.96 Å². The summed E-state index contributed by atoms with van der Waals surface area (Å²) in [6.45, 7) is 7.09. The molecule has 0 heterocycles. The van der Waals surface area contributed by atoms with Crippen LogP contribution in [0.4, 0.5) is 0 Å². The average Bonchev–Trinajstić information content (AvgIpc) is 3.31. The molecule has 5 nitrogen and oxygen atoms in total. The molecule has 130 valence electrons. The number of ether oxygens (including phenoxy) is 1. The minimum absolute atomic E-state index is 0. The highest BCUT2D eigenvalue weighted by Crippen LogP contribution is 2.45. The zero-order valence-electron chi connectivity index (χ0n) is 14.0. The van der Waals surface area contributed by atoms with Crippen molar-refractivity contribution in [3.05, 3.63) is 29.8 Å². The summed E-state index contributed by atoms with van der Waals surface area (Å²) in [7, 11) is 0. The van der Waals surface area contributed by atoms with Crippen molar-refractivity contribution in [3.8, 4) is 5.75 Å². The van der Waals surface area contributed by atoms with Crippen molar-refractivity contribution in [2.75, 3.05) is 32.8 Å². The molecule has 2 rings (SSSR count). The largest absolute Gasteiger partial charge is 0.492 e. The lowest BCUT2D eigenvalue weighted by Crippen LogP contribution is -2.39. The molecule has 0 atom stereocenters. The average molecular weight is 433 g/mol. The van der Waals surface area contributed by atoms with Gasteiger partial charge in [-0.2, -0.15) is 0 Å². The number of nitrogens with zero attached hydrogens (tertiary/aromatic N) is 1. The second kappa shape index (κ2) is 9.97. The van der Waals surface area contributed by atoms with Crippen LogP contribution in [-0.4, -0.2) is 43.9 Å². The highest BCUT2D eigenvalue weighted by atomic mass is 127. The first-order valence-corrected chi connectivity index (χ1v) is 8.00. The Bertz CT molecular complexity index is 487. The third-order valence-corrected chi connectivity index (χ3v) is 3.89. The molecule has 1 aliphatic carbocycles. The summed E-state index contributed by atoms with van der Waals surface area (Å²) >= 11 is 0. The second-order valence-electron chi connectivity index (χ2n) is 5.94. The van der Waals surface area contributed by atoms with Crippen molar-refractivity contribution < 1.29 is 9.84 Å². The Labute approximate surface area is 155 Å². The van der Waals surface area contributed by atoms with Gasteiger partial charge in [0.25, 0.3) is 0 Å². The summed E-state index contributed by atoms with van der Waals surface area (Å²) < 4.78 is 5.68. The molecule has 0 bridgehead atoms. The van der Waals surface area contributed by atoms with Crippen LogP contribution in [0.2, 0.25) is 0 Å². The third-order valence-electron chi connectivity index (χ3n) is 3.89. The van der Waals surface area contributed by atoms with Crippen LogP contribution in [0.15, 0.2) is 29.3 Å². The van der Waals surface area contributed by atoms with Gasteiger partial charge in [0, 0.05) is 12.0 Å². The molecule has 0 spiro atoms. The third kappa shape index (κ3) is 6.95. The summed E-state index contributed by atoms with van der Waals surface area (Å²) in [5, 5.41) is 15.8. The van der Waals surface area contributed by atoms with E-state index in [1.165, 1.54) is 5.56 Å². The van der Waals surface area contributed by atoms with Crippen molar-refractivity contribution in [1.82, 2.24) is 10.6 Å². The Balaban J connectivity index is 0.00000264. The number of hydrogen-bond donors (Lipinski definition) is 3. The van der Waals surface area contributed by atoms with Crippen molar-refractivity contribution >= 4 is 29.9 Å². The molecule has 1 aliphatic rings. The van der Waals surface area contributed by atoms with Crippen molar-refractivity contribution in [3.63, 3.8) is 0 Å². The maximum Gasteiger partial charge on any atom is 0.191 e. The van der Waals surface area contributed by atoms with Gasteiger partial charge in [0.05, 0.1) is 19.7 Å². The molecular formula is C17H28IN3O2. The molecule has 0 radical (unpaired) electrons. The number of guanidine groups is 1. The van der Waals surface area contributed by atoms with E-state index in [-0.39, 0.29) is 36.0 Å². The topological polar surface area (TPSA) is 65.9 Å². The number of aliphatic hydroxyl groups is 1. The molecule has 0 saturated heterocycles. The first kappa shape index (κ1) is 20.0. The van der Waals surface area contributed by atoms with E-state index in [1.54, 1.807) is 0 Å². The number of rotatable bonds is 8. The molecule has 1 fully saturated rings. The smallest absolute Gasteiger partial charge is 0.191 e. The SMILES string of the molecule is CCNC(=NCC1(CO)CC1)NCCOc1ccc(C)cc1.I. The highest BCUT2D eigenvalue weighted by Gasteiger charge is 2.41. The maximum atomic E-state index is 9.33. The van der Waals surface area contributed by atoms with Crippen molar-refractivity contribution in [2.24, 2.45) is 10.4 Å². The number of aliphatic imine (C=N–C) groups is 1. The van der Waals surface area contributed by atoms with Gasteiger partial charge in [-0.1, -0.05) is 17.7 Å². The molecule has 0 unspecified atom stereocenters. The minimum Gasteiger partial charge on any atom is -0.492 e.